The van der Waals surface area contributed by atoms with E-state index in [1.807, 2.05) is 0 Å². The van der Waals surface area contributed by atoms with Gasteiger partial charge in [-0.15, -0.1) is 0 Å². The molecule has 0 spiro atoms. The molecule has 1 rings (SSSR count). The Morgan fingerprint density at radius 1 is 1.32 bits per heavy atom. The third kappa shape index (κ3) is 5.09. The number of aliphatic hydroxyl groups is 1. The van der Waals surface area contributed by atoms with Crippen LogP contribution in [0.1, 0.15) is 33.1 Å². The SMILES string of the molecule is CC(C)N(CCO)CCC1CCC(C(=O)N(C)C)N1. The summed E-state index contributed by atoms with van der Waals surface area (Å²) < 4.78 is 0. The van der Waals surface area contributed by atoms with Crippen molar-refractivity contribution in [3.05, 3.63) is 0 Å². The molecule has 5 nitrogen and oxygen atoms in total. The molecule has 19 heavy (non-hydrogen) atoms. The van der Waals surface area contributed by atoms with Crippen LogP contribution >= 0.6 is 0 Å². The number of likely N-dealkylation sites (N-methyl/N-ethyl adjacent to an activating group) is 1. The fourth-order valence-electron chi connectivity index (χ4n) is 2.63. The van der Waals surface area contributed by atoms with Crippen LogP contribution in [0.4, 0.5) is 0 Å². The maximum Gasteiger partial charge on any atom is 0.239 e. The van der Waals surface area contributed by atoms with Crippen LogP contribution in [-0.4, -0.2) is 72.7 Å². The predicted molar refractivity (Wildman–Crippen MR) is 77.1 cm³/mol. The summed E-state index contributed by atoms with van der Waals surface area (Å²) >= 11 is 0. The van der Waals surface area contributed by atoms with Gasteiger partial charge in [0.25, 0.3) is 0 Å². The Morgan fingerprint density at radius 2 is 2.00 bits per heavy atom. The second-order valence-corrected chi connectivity index (χ2v) is 5.87. The molecule has 0 saturated carbocycles. The molecule has 1 fully saturated rings. The molecule has 1 aliphatic heterocycles. The fraction of sp³-hybridized carbons (Fsp3) is 0.929. The van der Waals surface area contributed by atoms with Gasteiger partial charge in [-0.1, -0.05) is 0 Å². The number of rotatable bonds is 7. The molecule has 0 aliphatic carbocycles. The van der Waals surface area contributed by atoms with E-state index in [4.69, 9.17) is 5.11 Å². The van der Waals surface area contributed by atoms with E-state index in [-0.39, 0.29) is 18.6 Å². The average molecular weight is 271 g/mol. The van der Waals surface area contributed by atoms with Crippen molar-refractivity contribution in [1.82, 2.24) is 15.1 Å². The summed E-state index contributed by atoms with van der Waals surface area (Å²) in [6.45, 7) is 6.20. The zero-order valence-corrected chi connectivity index (χ0v) is 12.7. The standard InChI is InChI=1S/C14H29N3O2/c1-11(2)17(9-10-18)8-7-12-5-6-13(15-12)14(19)16(3)4/h11-13,15,18H,5-10H2,1-4H3. The lowest BCUT2D eigenvalue weighted by Crippen LogP contribution is -2.43. The van der Waals surface area contributed by atoms with Crippen LogP contribution in [0.5, 0.6) is 0 Å². The molecule has 2 unspecified atom stereocenters. The molecule has 1 aliphatic rings. The number of carbonyl (C=O) groups excluding carboxylic acids is 1. The zero-order chi connectivity index (χ0) is 14.4. The predicted octanol–water partition coefficient (Wildman–Crippen LogP) is 0.288. The summed E-state index contributed by atoms with van der Waals surface area (Å²) in [6.07, 6.45) is 3.04. The van der Waals surface area contributed by atoms with Crippen LogP contribution in [0.3, 0.4) is 0 Å². The molecule has 2 atom stereocenters. The summed E-state index contributed by atoms with van der Waals surface area (Å²) in [4.78, 5) is 15.8. The first-order valence-electron chi connectivity index (χ1n) is 7.27. The van der Waals surface area contributed by atoms with Crippen LogP contribution < -0.4 is 5.32 Å². The quantitative estimate of drug-likeness (QED) is 0.699. The van der Waals surface area contributed by atoms with Gasteiger partial charge in [0.2, 0.25) is 5.91 Å². The van der Waals surface area contributed by atoms with Crippen LogP contribution in [0.25, 0.3) is 0 Å². The van der Waals surface area contributed by atoms with E-state index in [9.17, 15) is 4.79 Å². The van der Waals surface area contributed by atoms with Crippen molar-refractivity contribution in [3.63, 3.8) is 0 Å². The van der Waals surface area contributed by atoms with E-state index < -0.39 is 0 Å². The van der Waals surface area contributed by atoms with Gasteiger partial charge in [0.1, 0.15) is 0 Å². The van der Waals surface area contributed by atoms with Gasteiger partial charge in [0.05, 0.1) is 12.6 Å². The molecule has 0 bridgehead atoms. The van der Waals surface area contributed by atoms with Crippen molar-refractivity contribution in [2.75, 3.05) is 33.8 Å². The molecule has 0 aromatic carbocycles. The van der Waals surface area contributed by atoms with Crippen LogP contribution in [0.15, 0.2) is 0 Å². The third-order valence-corrected chi connectivity index (χ3v) is 3.86. The summed E-state index contributed by atoms with van der Waals surface area (Å²) in [6, 6.07) is 0.868. The van der Waals surface area contributed by atoms with E-state index in [1.165, 1.54) is 0 Å². The molecule has 1 amide bonds. The molecule has 0 aromatic heterocycles. The van der Waals surface area contributed by atoms with E-state index in [1.54, 1.807) is 19.0 Å². The van der Waals surface area contributed by atoms with Gasteiger partial charge in [-0.25, -0.2) is 0 Å². The molecule has 0 radical (unpaired) electrons. The first-order chi connectivity index (χ1) is 8.95. The number of nitrogens with zero attached hydrogens (tertiary/aromatic N) is 2. The van der Waals surface area contributed by atoms with Gasteiger partial charge in [-0.2, -0.15) is 0 Å². The van der Waals surface area contributed by atoms with Gasteiger partial charge in [-0.3, -0.25) is 9.69 Å². The lowest BCUT2D eigenvalue weighted by atomic mass is 10.1. The first kappa shape index (κ1) is 16.4. The van der Waals surface area contributed by atoms with Gasteiger partial charge in [0, 0.05) is 32.7 Å². The minimum atomic E-state index is -0.00894. The van der Waals surface area contributed by atoms with Crippen molar-refractivity contribution in [1.29, 1.82) is 0 Å². The Labute approximate surface area is 117 Å². The summed E-state index contributed by atoms with van der Waals surface area (Å²) in [7, 11) is 3.61. The van der Waals surface area contributed by atoms with Gasteiger partial charge in [0.15, 0.2) is 0 Å². The maximum absolute atomic E-state index is 11.9. The van der Waals surface area contributed by atoms with Crippen molar-refractivity contribution in [2.45, 2.75) is 51.2 Å². The summed E-state index contributed by atoms with van der Waals surface area (Å²) in [5, 5.41) is 12.5. The van der Waals surface area contributed by atoms with E-state index >= 15 is 0 Å². The Kier molecular flexibility index (Phi) is 6.75. The lowest BCUT2D eigenvalue weighted by Gasteiger charge is -2.27. The van der Waals surface area contributed by atoms with Gasteiger partial charge in [-0.05, 0) is 39.7 Å². The number of hydrogen-bond acceptors (Lipinski definition) is 4. The average Bonchev–Trinajstić information content (AvgIpc) is 2.81. The Balaban J connectivity index is 2.33. The lowest BCUT2D eigenvalue weighted by molar-refractivity contribution is -0.130. The smallest absolute Gasteiger partial charge is 0.239 e. The molecule has 1 saturated heterocycles. The van der Waals surface area contributed by atoms with Crippen molar-refractivity contribution in [3.8, 4) is 0 Å². The van der Waals surface area contributed by atoms with Crippen LogP contribution in [0, 0.1) is 0 Å². The third-order valence-electron chi connectivity index (χ3n) is 3.86. The monoisotopic (exact) mass is 271 g/mol. The molecule has 0 aromatic rings. The Morgan fingerprint density at radius 3 is 2.53 bits per heavy atom. The number of carbonyl (C=O) groups is 1. The fourth-order valence-corrected chi connectivity index (χ4v) is 2.63. The van der Waals surface area contributed by atoms with E-state index in [2.05, 4.69) is 24.1 Å². The second-order valence-electron chi connectivity index (χ2n) is 5.87. The Hall–Kier alpha value is -0.650. The second kappa shape index (κ2) is 7.82. The van der Waals surface area contributed by atoms with Crippen LogP contribution in [0.2, 0.25) is 0 Å². The number of aliphatic hydroxyl groups excluding tert-OH is 1. The highest BCUT2D eigenvalue weighted by atomic mass is 16.3. The van der Waals surface area contributed by atoms with Crippen LogP contribution in [-0.2, 0) is 4.79 Å². The number of amides is 1. The summed E-state index contributed by atoms with van der Waals surface area (Å²) in [5.74, 6) is 0.179. The summed E-state index contributed by atoms with van der Waals surface area (Å²) in [5.41, 5.74) is 0. The maximum atomic E-state index is 11.9. The zero-order valence-electron chi connectivity index (χ0n) is 12.7. The van der Waals surface area contributed by atoms with E-state index in [0.29, 0.717) is 12.1 Å². The van der Waals surface area contributed by atoms with Gasteiger partial charge >= 0.3 is 0 Å². The highest BCUT2D eigenvalue weighted by Crippen LogP contribution is 2.17. The molecule has 2 N–H and O–H groups in total. The largest absolute Gasteiger partial charge is 0.395 e. The molecule has 112 valence electrons. The first-order valence-corrected chi connectivity index (χ1v) is 7.27. The van der Waals surface area contributed by atoms with Crippen molar-refractivity contribution >= 4 is 5.91 Å². The molecule has 1 heterocycles. The van der Waals surface area contributed by atoms with E-state index in [0.717, 1.165) is 32.4 Å². The van der Waals surface area contributed by atoms with Crippen molar-refractivity contribution in [2.24, 2.45) is 0 Å². The number of hydrogen-bond donors (Lipinski definition) is 2. The van der Waals surface area contributed by atoms with Gasteiger partial charge < -0.3 is 15.3 Å². The topological polar surface area (TPSA) is 55.8 Å². The highest BCUT2D eigenvalue weighted by molar-refractivity contribution is 5.81. The highest BCUT2D eigenvalue weighted by Gasteiger charge is 2.29. The molecular formula is C14H29N3O2. The minimum absolute atomic E-state index is 0.00894. The Bertz CT molecular complexity index is 282. The molecule has 5 heteroatoms. The molecular weight excluding hydrogens is 242 g/mol. The normalized spacial score (nSPS) is 23.3. The minimum Gasteiger partial charge on any atom is -0.395 e. The number of nitrogens with one attached hydrogen (secondary N) is 1. The van der Waals surface area contributed by atoms with Crippen molar-refractivity contribution < 1.29 is 9.90 Å².